The summed E-state index contributed by atoms with van der Waals surface area (Å²) in [5, 5.41) is 0. The zero-order valence-corrected chi connectivity index (χ0v) is 11.0. The topological polar surface area (TPSA) is 62.5 Å². The number of pyridine rings is 1. The number of hydrogen-bond acceptors (Lipinski definition) is 4. The Morgan fingerprint density at radius 3 is 2.94 bits per heavy atom. The van der Waals surface area contributed by atoms with Crippen LogP contribution in [-0.4, -0.2) is 42.5 Å². The van der Waals surface area contributed by atoms with E-state index in [0.717, 1.165) is 30.9 Å². The number of hydrogen-bond donors (Lipinski definition) is 1. The zero-order valence-electron chi connectivity index (χ0n) is 11.0. The standard InChI is InChI=1S/C13H20N4O/c1-10(14)11-5-3-6-15-13(11)17-8-4-7-16(2)12(18)9-17/h3,5-6,10H,4,7-9,14H2,1-2H3/t10-/m0/s1. The molecule has 98 valence electrons. The van der Waals surface area contributed by atoms with Crippen molar-refractivity contribution in [1.29, 1.82) is 0 Å². The van der Waals surface area contributed by atoms with E-state index < -0.39 is 0 Å². The third-order valence-electron chi connectivity index (χ3n) is 3.28. The van der Waals surface area contributed by atoms with Gasteiger partial charge in [0.05, 0.1) is 6.54 Å². The molecule has 0 saturated carbocycles. The van der Waals surface area contributed by atoms with Crippen LogP contribution in [0, 0.1) is 0 Å². The van der Waals surface area contributed by atoms with Gasteiger partial charge in [-0.15, -0.1) is 0 Å². The lowest BCUT2D eigenvalue weighted by Crippen LogP contribution is -2.35. The molecule has 18 heavy (non-hydrogen) atoms. The van der Waals surface area contributed by atoms with Crippen LogP contribution in [0.1, 0.15) is 24.9 Å². The van der Waals surface area contributed by atoms with E-state index in [0.29, 0.717) is 6.54 Å². The van der Waals surface area contributed by atoms with Gasteiger partial charge in [-0.3, -0.25) is 4.79 Å². The van der Waals surface area contributed by atoms with E-state index in [9.17, 15) is 4.79 Å². The van der Waals surface area contributed by atoms with Gasteiger partial charge in [-0.1, -0.05) is 6.07 Å². The number of nitrogens with two attached hydrogens (primary N) is 1. The third kappa shape index (κ3) is 2.61. The van der Waals surface area contributed by atoms with Crippen LogP contribution < -0.4 is 10.6 Å². The minimum Gasteiger partial charge on any atom is -0.347 e. The fourth-order valence-corrected chi connectivity index (χ4v) is 2.20. The predicted molar refractivity (Wildman–Crippen MR) is 71.3 cm³/mol. The van der Waals surface area contributed by atoms with Crippen LogP contribution in [0.3, 0.4) is 0 Å². The predicted octanol–water partition coefficient (Wildman–Crippen LogP) is 0.770. The molecule has 2 rings (SSSR count). The van der Waals surface area contributed by atoms with Crippen LogP contribution in [0.15, 0.2) is 18.3 Å². The second-order valence-electron chi connectivity index (χ2n) is 4.80. The fraction of sp³-hybridized carbons (Fsp3) is 0.538. The smallest absolute Gasteiger partial charge is 0.241 e. The van der Waals surface area contributed by atoms with Gasteiger partial charge in [-0.25, -0.2) is 4.98 Å². The SMILES string of the molecule is C[C@H](N)c1cccnc1N1CCCN(C)C(=O)C1. The van der Waals surface area contributed by atoms with E-state index in [4.69, 9.17) is 5.73 Å². The van der Waals surface area contributed by atoms with Crippen LogP contribution in [0.2, 0.25) is 0 Å². The lowest BCUT2D eigenvalue weighted by molar-refractivity contribution is -0.127. The summed E-state index contributed by atoms with van der Waals surface area (Å²) in [6, 6.07) is 3.78. The van der Waals surface area contributed by atoms with Crippen LogP contribution in [0.5, 0.6) is 0 Å². The van der Waals surface area contributed by atoms with Gasteiger partial charge in [0.25, 0.3) is 0 Å². The van der Waals surface area contributed by atoms with Gasteiger partial charge in [0.2, 0.25) is 5.91 Å². The molecular weight excluding hydrogens is 228 g/mol. The lowest BCUT2D eigenvalue weighted by atomic mass is 10.1. The van der Waals surface area contributed by atoms with Crippen LogP contribution in [0.25, 0.3) is 0 Å². The first-order chi connectivity index (χ1) is 8.59. The molecule has 1 saturated heterocycles. The molecule has 0 radical (unpaired) electrons. The summed E-state index contributed by atoms with van der Waals surface area (Å²) in [4.78, 5) is 20.1. The summed E-state index contributed by atoms with van der Waals surface area (Å²) in [6.45, 7) is 3.96. The molecule has 0 bridgehead atoms. The zero-order chi connectivity index (χ0) is 13.1. The number of carbonyl (C=O) groups excluding carboxylic acids is 1. The summed E-state index contributed by atoms with van der Waals surface area (Å²) in [5.74, 6) is 0.977. The maximum atomic E-state index is 11.9. The Morgan fingerprint density at radius 2 is 2.22 bits per heavy atom. The normalized spacial score (nSPS) is 18.7. The van der Waals surface area contributed by atoms with Crippen molar-refractivity contribution in [1.82, 2.24) is 9.88 Å². The molecule has 1 aromatic rings. The van der Waals surface area contributed by atoms with E-state index in [1.165, 1.54) is 0 Å². The molecular formula is C13H20N4O. The molecule has 1 fully saturated rings. The molecule has 1 aliphatic rings. The van der Waals surface area contributed by atoms with Crippen molar-refractivity contribution < 1.29 is 4.79 Å². The highest BCUT2D eigenvalue weighted by atomic mass is 16.2. The van der Waals surface area contributed by atoms with E-state index >= 15 is 0 Å². The van der Waals surface area contributed by atoms with Crippen LogP contribution in [-0.2, 0) is 4.79 Å². The minimum absolute atomic E-state index is 0.0789. The van der Waals surface area contributed by atoms with Crippen molar-refractivity contribution in [2.24, 2.45) is 5.73 Å². The van der Waals surface area contributed by atoms with Crippen molar-refractivity contribution in [2.75, 3.05) is 31.6 Å². The molecule has 2 N–H and O–H groups in total. The highest BCUT2D eigenvalue weighted by Crippen LogP contribution is 2.23. The van der Waals surface area contributed by atoms with Gasteiger partial charge in [0, 0.05) is 37.9 Å². The summed E-state index contributed by atoms with van der Waals surface area (Å²) < 4.78 is 0. The molecule has 1 aliphatic heterocycles. The second kappa shape index (κ2) is 5.35. The number of anilines is 1. The van der Waals surface area contributed by atoms with Gasteiger partial charge >= 0.3 is 0 Å². The molecule has 0 aromatic carbocycles. The number of carbonyl (C=O) groups is 1. The van der Waals surface area contributed by atoms with Crippen molar-refractivity contribution in [3.8, 4) is 0 Å². The second-order valence-corrected chi connectivity index (χ2v) is 4.80. The van der Waals surface area contributed by atoms with Gasteiger partial charge in [0.1, 0.15) is 5.82 Å². The highest BCUT2D eigenvalue weighted by molar-refractivity contribution is 5.81. The molecule has 5 heteroatoms. The number of amides is 1. The molecule has 5 nitrogen and oxygen atoms in total. The van der Waals surface area contributed by atoms with E-state index in [1.54, 1.807) is 11.1 Å². The van der Waals surface area contributed by atoms with E-state index in [1.807, 2.05) is 31.0 Å². The summed E-state index contributed by atoms with van der Waals surface area (Å²) in [5.41, 5.74) is 6.96. The first kappa shape index (κ1) is 12.8. The van der Waals surface area contributed by atoms with Crippen molar-refractivity contribution in [3.05, 3.63) is 23.9 Å². The maximum Gasteiger partial charge on any atom is 0.241 e. The Morgan fingerprint density at radius 1 is 1.44 bits per heavy atom. The average Bonchev–Trinajstić information content (AvgIpc) is 2.52. The maximum absolute atomic E-state index is 11.9. The third-order valence-corrected chi connectivity index (χ3v) is 3.28. The molecule has 1 atom stereocenters. The van der Waals surface area contributed by atoms with Gasteiger partial charge in [-0.2, -0.15) is 0 Å². The highest BCUT2D eigenvalue weighted by Gasteiger charge is 2.22. The number of aromatic nitrogens is 1. The average molecular weight is 248 g/mol. The largest absolute Gasteiger partial charge is 0.347 e. The molecule has 1 amide bonds. The Labute approximate surface area is 108 Å². The van der Waals surface area contributed by atoms with E-state index in [2.05, 4.69) is 4.98 Å². The molecule has 2 heterocycles. The summed E-state index contributed by atoms with van der Waals surface area (Å²) >= 11 is 0. The number of likely N-dealkylation sites (N-methyl/N-ethyl adjacent to an activating group) is 1. The van der Waals surface area contributed by atoms with E-state index in [-0.39, 0.29) is 11.9 Å². The molecule has 0 aliphatic carbocycles. The lowest BCUT2D eigenvalue weighted by Gasteiger charge is -2.24. The Kier molecular flexibility index (Phi) is 3.81. The van der Waals surface area contributed by atoms with Crippen molar-refractivity contribution in [3.63, 3.8) is 0 Å². The Bertz CT molecular complexity index is 433. The van der Waals surface area contributed by atoms with Crippen molar-refractivity contribution >= 4 is 11.7 Å². The fourth-order valence-electron chi connectivity index (χ4n) is 2.20. The quantitative estimate of drug-likeness (QED) is 0.839. The molecule has 0 unspecified atom stereocenters. The monoisotopic (exact) mass is 248 g/mol. The Balaban J connectivity index is 2.28. The number of rotatable bonds is 2. The number of nitrogens with zero attached hydrogens (tertiary/aromatic N) is 3. The molecule has 0 spiro atoms. The van der Waals surface area contributed by atoms with Crippen molar-refractivity contribution in [2.45, 2.75) is 19.4 Å². The van der Waals surface area contributed by atoms with Crippen LogP contribution in [0.4, 0.5) is 5.82 Å². The summed E-state index contributed by atoms with van der Waals surface area (Å²) in [6.07, 6.45) is 2.71. The first-order valence-corrected chi connectivity index (χ1v) is 6.29. The van der Waals surface area contributed by atoms with Gasteiger partial charge < -0.3 is 15.5 Å². The minimum atomic E-state index is -0.0789. The first-order valence-electron chi connectivity index (χ1n) is 6.29. The molecule has 1 aromatic heterocycles. The Hall–Kier alpha value is -1.62. The summed E-state index contributed by atoms with van der Waals surface area (Å²) in [7, 11) is 1.84. The van der Waals surface area contributed by atoms with Gasteiger partial charge in [0.15, 0.2) is 0 Å². The van der Waals surface area contributed by atoms with Gasteiger partial charge in [-0.05, 0) is 19.4 Å². The van der Waals surface area contributed by atoms with Crippen LogP contribution >= 0.6 is 0 Å².